The van der Waals surface area contributed by atoms with Crippen molar-refractivity contribution in [1.29, 1.82) is 0 Å². The van der Waals surface area contributed by atoms with E-state index in [0.29, 0.717) is 43.5 Å². The number of rotatable bonds is 5. The quantitative estimate of drug-likeness (QED) is 0.650. The Labute approximate surface area is 175 Å². The molecule has 30 heavy (non-hydrogen) atoms. The van der Waals surface area contributed by atoms with Crippen LogP contribution in [0.4, 0.5) is 0 Å². The maximum absolute atomic E-state index is 13.6. The van der Waals surface area contributed by atoms with E-state index in [-0.39, 0.29) is 11.6 Å². The molecular formula is C22H28N6O2. The van der Waals surface area contributed by atoms with Crippen LogP contribution in [0.1, 0.15) is 54.3 Å². The van der Waals surface area contributed by atoms with Gasteiger partial charge in [0.15, 0.2) is 5.82 Å². The Balaban J connectivity index is 1.81. The summed E-state index contributed by atoms with van der Waals surface area (Å²) in [6.45, 7) is 10.2. The Morgan fingerprint density at radius 1 is 1.17 bits per heavy atom. The molecule has 8 heteroatoms. The molecule has 1 atom stereocenters. The molecule has 8 nitrogen and oxygen atoms in total. The second kappa shape index (κ2) is 7.93. The molecule has 3 heterocycles. The monoisotopic (exact) mass is 408 g/mol. The van der Waals surface area contributed by atoms with Gasteiger partial charge in [0.25, 0.3) is 5.91 Å². The third-order valence-electron chi connectivity index (χ3n) is 5.62. The summed E-state index contributed by atoms with van der Waals surface area (Å²) < 4.78 is 5.07. The van der Waals surface area contributed by atoms with Gasteiger partial charge in [-0.25, -0.2) is 9.48 Å². The molecule has 1 aromatic carbocycles. The summed E-state index contributed by atoms with van der Waals surface area (Å²) in [5.74, 6) is 0.834. The summed E-state index contributed by atoms with van der Waals surface area (Å²) in [6.07, 6.45) is 1.64. The van der Waals surface area contributed by atoms with Gasteiger partial charge >= 0.3 is 5.69 Å². The fraction of sp³-hybridized carbons (Fsp3) is 0.455. The molecule has 4 rings (SSSR count). The first kappa shape index (κ1) is 20.1. The number of hydrogen-bond donors (Lipinski definition) is 0. The molecule has 0 fully saturated rings. The van der Waals surface area contributed by atoms with Gasteiger partial charge in [0.2, 0.25) is 0 Å². The number of fused-ring (bicyclic) bond motifs is 1. The highest BCUT2D eigenvalue weighted by molar-refractivity contribution is 5.95. The number of hydrogen-bond acceptors (Lipinski definition) is 4. The van der Waals surface area contributed by atoms with Crippen molar-refractivity contribution in [1.82, 2.24) is 29.0 Å². The van der Waals surface area contributed by atoms with E-state index in [1.807, 2.05) is 53.8 Å². The van der Waals surface area contributed by atoms with Crippen LogP contribution in [0.3, 0.4) is 0 Å². The molecule has 1 unspecified atom stereocenters. The average Bonchev–Trinajstić information content (AvgIpc) is 3.26. The number of amides is 1. The van der Waals surface area contributed by atoms with Crippen molar-refractivity contribution in [3.05, 3.63) is 69.7 Å². The van der Waals surface area contributed by atoms with Crippen LogP contribution in [0.15, 0.2) is 41.3 Å². The molecule has 0 spiro atoms. The lowest BCUT2D eigenvalue weighted by molar-refractivity contribution is 0.0656. The topological polar surface area (TPSA) is 78.0 Å². The maximum atomic E-state index is 13.6. The smallest absolute Gasteiger partial charge is 0.322 e. The lowest BCUT2D eigenvalue weighted by Gasteiger charge is -2.35. The summed E-state index contributed by atoms with van der Waals surface area (Å²) >= 11 is 0. The van der Waals surface area contributed by atoms with Gasteiger partial charge in [-0.3, -0.25) is 14.0 Å². The molecule has 0 bridgehead atoms. The van der Waals surface area contributed by atoms with Gasteiger partial charge in [-0.15, -0.1) is 0 Å². The van der Waals surface area contributed by atoms with E-state index in [9.17, 15) is 9.59 Å². The third kappa shape index (κ3) is 3.36. The Kier molecular flexibility index (Phi) is 5.32. The molecule has 3 aromatic rings. The predicted octanol–water partition coefficient (Wildman–Crippen LogP) is 2.47. The van der Waals surface area contributed by atoms with Gasteiger partial charge in [-0.05, 0) is 25.3 Å². The highest BCUT2D eigenvalue weighted by Crippen LogP contribution is 2.31. The maximum Gasteiger partial charge on any atom is 0.346 e. The Morgan fingerprint density at radius 2 is 1.90 bits per heavy atom. The van der Waals surface area contributed by atoms with Crippen LogP contribution in [-0.2, 0) is 19.6 Å². The van der Waals surface area contributed by atoms with E-state index in [0.717, 1.165) is 11.3 Å². The highest BCUT2D eigenvalue weighted by atomic mass is 16.2. The molecule has 2 aromatic heterocycles. The zero-order valence-corrected chi connectivity index (χ0v) is 17.9. The molecule has 0 saturated carbocycles. The van der Waals surface area contributed by atoms with Gasteiger partial charge < -0.3 is 4.90 Å². The molecule has 0 saturated heterocycles. The molecule has 1 amide bonds. The number of benzene rings is 1. The van der Waals surface area contributed by atoms with E-state index in [4.69, 9.17) is 0 Å². The molecule has 158 valence electrons. The van der Waals surface area contributed by atoms with Crippen molar-refractivity contribution in [2.24, 2.45) is 5.92 Å². The minimum Gasteiger partial charge on any atom is -0.322 e. The van der Waals surface area contributed by atoms with Gasteiger partial charge in [0.05, 0.1) is 11.8 Å². The van der Waals surface area contributed by atoms with E-state index >= 15 is 0 Å². The van der Waals surface area contributed by atoms with Crippen LogP contribution in [0.5, 0.6) is 0 Å². The van der Waals surface area contributed by atoms with Crippen LogP contribution >= 0.6 is 0 Å². The van der Waals surface area contributed by atoms with Crippen molar-refractivity contribution in [2.45, 2.75) is 53.4 Å². The largest absolute Gasteiger partial charge is 0.346 e. The van der Waals surface area contributed by atoms with Crippen LogP contribution in [-0.4, -0.2) is 41.5 Å². The van der Waals surface area contributed by atoms with E-state index in [1.54, 1.807) is 10.8 Å². The number of aromatic nitrogens is 5. The standard InChI is InChI=1S/C22H28N6O2/c1-5-27-16(4)18(13-23-27)21(29)25-11-12-26-20(19(25)17-9-7-6-8-10-17)24-28(22(26)30)14-15(2)3/h6-10,13,15,19H,5,11-12,14H2,1-4H3. The molecular weight excluding hydrogens is 380 g/mol. The minimum atomic E-state index is -0.419. The van der Waals surface area contributed by atoms with Crippen LogP contribution in [0, 0.1) is 12.8 Å². The first-order chi connectivity index (χ1) is 14.4. The first-order valence-electron chi connectivity index (χ1n) is 10.5. The van der Waals surface area contributed by atoms with E-state index < -0.39 is 6.04 Å². The van der Waals surface area contributed by atoms with Crippen LogP contribution in [0.25, 0.3) is 0 Å². The van der Waals surface area contributed by atoms with Crippen molar-refractivity contribution < 1.29 is 4.79 Å². The van der Waals surface area contributed by atoms with Crippen molar-refractivity contribution in [3.8, 4) is 0 Å². The number of aryl methyl sites for hydroxylation is 1. The van der Waals surface area contributed by atoms with Crippen LogP contribution in [0.2, 0.25) is 0 Å². The summed E-state index contributed by atoms with van der Waals surface area (Å²) in [7, 11) is 0. The Hall–Kier alpha value is -3.16. The van der Waals surface area contributed by atoms with Crippen molar-refractivity contribution in [3.63, 3.8) is 0 Å². The molecule has 1 aliphatic rings. The van der Waals surface area contributed by atoms with E-state index in [2.05, 4.69) is 24.0 Å². The number of carbonyl (C=O) groups excluding carboxylic acids is 1. The summed E-state index contributed by atoms with van der Waals surface area (Å²) in [5, 5.41) is 9.01. The Morgan fingerprint density at radius 3 is 2.53 bits per heavy atom. The van der Waals surface area contributed by atoms with Gasteiger partial charge in [0, 0.05) is 31.9 Å². The fourth-order valence-electron chi connectivity index (χ4n) is 4.12. The summed E-state index contributed by atoms with van der Waals surface area (Å²) in [4.78, 5) is 28.3. The van der Waals surface area contributed by atoms with Gasteiger partial charge in [-0.2, -0.15) is 10.2 Å². The van der Waals surface area contributed by atoms with Gasteiger partial charge in [-0.1, -0.05) is 44.2 Å². The molecule has 0 radical (unpaired) electrons. The zero-order chi connectivity index (χ0) is 21.4. The highest BCUT2D eigenvalue weighted by Gasteiger charge is 2.37. The van der Waals surface area contributed by atoms with Gasteiger partial charge in [0.1, 0.15) is 6.04 Å². The van der Waals surface area contributed by atoms with Crippen molar-refractivity contribution in [2.75, 3.05) is 6.54 Å². The second-order valence-electron chi connectivity index (χ2n) is 8.14. The minimum absolute atomic E-state index is 0.0850. The normalized spacial score (nSPS) is 16.2. The van der Waals surface area contributed by atoms with Crippen LogP contribution < -0.4 is 5.69 Å². The predicted molar refractivity (Wildman–Crippen MR) is 113 cm³/mol. The SMILES string of the molecule is CCn1ncc(C(=O)N2CCn3c(nn(CC(C)C)c3=O)C2c2ccccc2)c1C. The number of carbonyl (C=O) groups is 1. The number of nitrogens with zero attached hydrogens (tertiary/aromatic N) is 6. The second-order valence-corrected chi connectivity index (χ2v) is 8.14. The zero-order valence-electron chi connectivity index (χ0n) is 17.9. The summed E-state index contributed by atoms with van der Waals surface area (Å²) in [5.41, 5.74) is 2.27. The lowest BCUT2D eigenvalue weighted by Crippen LogP contribution is -2.45. The molecule has 0 N–H and O–H groups in total. The van der Waals surface area contributed by atoms with Crippen molar-refractivity contribution >= 4 is 5.91 Å². The Bertz CT molecular complexity index is 1110. The summed E-state index contributed by atoms with van der Waals surface area (Å²) in [6, 6.07) is 9.38. The fourth-order valence-corrected chi connectivity index (χ4v) is 4.12. The third-order valence-corrected chi connectivity index (χ3v) is 5.62. The molecule has 1 aliphatic heterocycles. The molecule has 0 aliphatic carbocycles. The first-order valence-corrected chi connectivity index (χ1v) is 10.5. The lowest BCUT2D eigenvalue weighted by atomic mass is 10.0. The average molecular weight is 409 g/mol. The van der Waals surface area contributed by atoms with E-state index in [1.165, 1.54) is 4.68 Å².